The van der Waals surface area contributed by atoms with Crippen molar-refractivity contribution in [3.05, 3.63) is 29.8 Å². The fourth-order valence-corrected chi connectivity index (χ4v) is 4.03. The molecule has 3 rings (SSSR count). The van der Waals surface area contributed by atoms with Crippen LogP contribution in [0.4, 0.5) is 0 Å². The van der Waals surface area contributed by atoms with Crippen LogP contribution >= 0.6 is 0 Å². The predicted molar refractivity (Wildman–Crippen MR) is 122 cm³/mol. The number of nitrogens with one attached hydrogen (secondary N) is 1. The molecule has 2 saturated heterocycles. The van der Waals surface area contributed by atoms with Crippen molar-refractivity contribution in [3.8, 4) is 5.75 Å². The quantitative estimate of drug-likeness (QED) is 0.376. The van der Waals surface area contributed by atoms with Gasteiger partial charge in [-0.3, -0.25) is 4.90 Å². The van der Waals surface area contributed by atoms with Gasteiger partial charge in [0.25, 0.3) is 0 Å². The van der Waals surface area contributed by atoms with Gasteiger partial charge in [0.2, 0.25) is 0 Å². The Morgan fingerprint density at radius 3 is 2.67 bits per heavy atom. The van der Waals surface area contributed by atoms with Crippen molar-refractivity contribution in [2.24, 2.45) is 4.99 Å². The van der Waals surface area contributed by atoms with Gasteiger partial charge in [-0.05, 0) is 51.6 Å². The third-order valence-electron chi connectivity index (χ3n) is 5.71. The van der Waals surface area contributed by atoms with Crippen LogP contribution in [-0.2, 0) is 11.3 Å². The van der Waals surface area contributed by atoms with Gasteiger partial charge in [0.1, 0.15) is 5.75 Å². The summed E-state index contributed by atoms with van der Waals surface area (Å²) in [6.45, 7) is 11.4. The van der Waals surface area contributed by atoms with Crippen LogP contribution in [0.15, 0.2) is 29.3 Å². The molecule has 1 aromatic carbocycles. The van der Waals surface area contributed by atoms with Gasteiger partial charge in [-0.1, -0.05) is 12.1 Å². The van der Waals surface area contributed by atoms with E-state index >= 15 is 0 Å². The molecule has 168 valence electrons. The van der Waals surface area contributed by atoms with Gasteiger partial charge in [0.15, 0.2) is 5.96 Å². The van der Waals surface area contributed by atoms with E-state index in [1.165, 1.54) is 12.0 Å². The summed E-state index contributed by atoms with van der Waals surface area (Å²) in [7, 11) is 4.17. The molecule has 30 heavy (non-hydrogen) atoms. The van der Waals surface area contributed by atoms with Gasteiger partial charge in [-0.15, -0.1) is 0 Å². The molecule has 2 heterocycles. The molecular weight excluding hydrogens is 378 g/mol. The van der Waals surface area contributed by atoms with Crippen molar-refractivity contribution in [1.82, 2.24) is 20.0 Å². The maximum atomic E-state index is 5.83. The van der Waals surface area contributed by atoms with E-state index in [1.807, 2.05) is 0 Å². The van der Waals surface area contributed by atoms with Gasteiger partial charge < -0.3 is 24.6 Å². The lowest BCUT2D eigenvalue weighted by Crippen LogP contribution is -2.46. The van der Waals surface area contributed by atoms with Crippen molar-refractivity contribution >= 4 is 5.96 Å². The summed E-state index contributed by atoms with van der Waals surface area (Å²) in [5, 5.41) is 3.48. The van der Waals surface area contributed by atoms with E-state index in [1.54, 1.807) is 0 Å². The lowest BCUT2D eigenvalue weighted by molar-refractivity contribution is 0.0195. The molecule has 0 spiro atoms. The van der Waals surface area contributed by atoms with Crippen LogP contribution in [0.1, 0.15) is 25.3 Å². The molecule has 1 atom stereocenters. The smallest absolute Gasteiger partial charge is 0.194 e. The van der Waals surface area contributed by atoms with Gasteiger partial charge in [-0.25, -0.2) is 4.99 Å². The molecule has 0 saturated carbocycles. The Labute approximate surface area is 182 Å². The second kappa shape index (κ2) is 12.1. The largest absolute Gasteiger partial charge is 0.494 e. The molecule has 1 aromatic rings. The monoisotopic (exact) mass is 417 g/mol. The van der Waals surface area contributed by atoms with Gasteiger partial charge in [-0.2, -0.15) is 0 Å². The summed E-state index contributed by atoms with van der Waals surface area (Å²) in [6, 6.07) is 8.96. The fourth-order valence-electron chi connectivity index (χ4n) is 4.03. The molecule has 2 fully saturated rings. The Bertz CT molecular complexity index is 643. The minimum Gasteiger partial charge on any atom is -0.494 e. The highest BCUT2D eigenvalue weighted by molar-refractivity contribution is 5.80. The summed E-state index contributed by atoms with van der Waals surface area (Å²) >= 11 is 0. The van der Waals surface area contributed by atoms with Gasteiger partial charge >= 0.3 is 0 Å². The van der Waals surface area contributed by atoms with Crippen molar-refractivity contribution in [2.75, 3.05) is 73.2 Å². The third kappa shape index (κ3) is 7.15. The van der Waals surface area contributed by atoms with Crippen LogP contribution in [0.2, 0.25) is 0 Å². The summed E-state index contributed by atoms with van der Waals surface area (Å²) < 4.78 is 11.3. The van der Waals surface area contributed by atoms with Gasteiger partial charge in [0.05, 0.1) is 26.4 Å². The number of rotatable bonds is 9. The van der Waals surface area contributed by atoms with Crippen LogP contribution in [0.5, 0.6) is 5.75 Å². The maximum absolute atomic E-state index is 5.83. The molecule has 7 nitrogen and oxygen atoms in total. The lowest BCUT2D eigenvalue weighted by Gasteiger charge is -2.32. The summed E-state index contributed by atoms with van der Waals surface area (Å²) in [5.41, 5.74) is 1.20. The number of hydrogen-bond acceptors (Lipinski definition) is 5. The summed E-state index contributed by atoms with van der Waals surface area (Å²) in [6.07, 6.45) is 2.23. The third-order valence-corrected chi connectivity index (χ3v) is 5.71. The number of aliphatic imine (C=N–C) groups is 1. The summed E-state index contributed by atoms with van der Waals surface area (Å²) in [5.74, 6) is 1.96. The highest BCUT2D eigenvalue weighted by atomic mass is 16.5. The van der Waals surface area contributed by atoms with Crippen LogP contribution in [0.3, 0.4) is 0 Å². The van der Waals surface area contributed by atoms with Crippen LogP contribution in [0, 0.1) is 0 Å². The van der Waals surface area contributed by atoms with E-state index in [9.17, 15) is 0 Å². The number of benzene rings is 1. The zero-order valence-electron chi connectivity index (χ0n) is 19.0. The minimum absolute atomic E-state index is 0.613. The second-order valence-corrected chi connectivity index (χ2v) is 8.36. The Balaban J connectivity index is 1.49. The number of likely N-dealkylation sites (tertiary alicyclic amines) is 1. The second-order valence-electron chi connectivity index (χ2n) is 8.36. The van der Waals surface area contributed by atoms with Crippen molar-refractivity contribution in [3.63, 3.8) is 0 Å². The maximum Gasteiger partial charge on any atom is 0.194 e. The Morgan fingerprint density at radius 1 is 1.20 bits per heavy atom. The predicted octanol–water partition coefficient (Wildman–Crippen LogP) is 1.89. The zero-order valence-corrected chi connectivity index (χ0v) is 19.0. The number of morpholine rings is 1. The fraction of sp³-hybridized carbons (Fsp3) is 0.696. The van der Waals surface area contributed by atoms with E-state index in [0.717, 1.165) is 77.2 Å². The average molecular weight is 418 g/mol. The molecule has 1 unspecified atom stereocenters. The van der Waals surface area contributed by atoms with Crippen molar-refractivity contribution < 1.29 is 9.47 Å². The van der Waals surface area contributed by atoms with Gasteiger partial charge in [0, 0.05) is 45.3 Å². The molecule has 0 amide bonds. The Kier molecular flexibility index (Phi) is 9.24. The zero-order chi connectivity index (χ0) is 21.2. The van der Waals surface area contributed by atoms with E-state index < -0.39 is 0 Å². The Hall–Kier alpha value is -1.83. The molecule has 0 bridgehead atoms. The molecule has 0 aliphatic carbocycles. The first-order chi connectivity index (χ1) is 14.7. The standard InChI is InChI=1S/C23H39N5O2/c1-4-24-23(28-12-10-21(19-28)27-13-16-29-17-14-27)25-18-20-6-8-22(9-7-20)30-15-5-11-26(2)3/h6-9,21H,4-5,10-19H2,1-3H3,(H,24,25). The van der Waals surface area contributed by atoms with Crippen molar-refractivity contribution in [2.45, 2.75) is 32.4 Å². The number of ether oxygens (including phenoxy) is 2. The molecule has 1 N–H and O–H groups in total. The van der Waals surface area contributed by atoms with E-state index in [4.69, 9.17) is 14.5 Å². The number of nitrogens with zero attached hydrogens (tertiary/aromatic N) is 4. The molecule has 2 aliphatic heterocycles. The van der Waals surface area contributed by atoms with E-state index in [-0.39, 0.29) is 0 Å². The van der Waals surface area contributed by atoms with Crippen LogP contribution in [-0.4, -0.2) is 99.9 Å². The average Bonchev–Trinajstić information content (AvgIpc) is 3.26. The first-order valence-electron chi connectivity index (χ1n) is 11.4. The van der Waals surface area contributed by atoms with E-state index in [2.05, 4.69) is 65.3 Å². The molecule has 7 heteroatoms. The Morgan fingerprint density at radius 2 is 1.97 bits per heavy atom. The number of guanidine groups is 1. The first-order valence-corrected chi connectivity index (χ1v) is 11.4. The normalized spacial score (nSPS) is 20.7. The molecule has 2 aliphatic rings. The first kappa shape index (κ1) is 22.8. The minimum atomic E-state index is 0.613. The molecule has 0 radical (unpaired) electrons. The molecule has 0 aromatic heterocycles. The SMILES string of the molecule is CCNC(=NCc1ccc(OCCCN(C)C)cc1)N1CCC(N2CCOCC2)C1. The number of hydrogen-bond donors (Lipinski definition) is 1. The van der Waals surface area contributed by atoms with E-state index in [0.29, 0.717) is 12.6 Å². The summed E-state index contributed by atoms with van der Waals surface area (Å²) in [4.78, 5) is 12.1. The molecular formula is C23H39N5O2. The van der Waals surface area contributed by atoms with Crippen molar-refractivity contribution in [1.29, 1.82) is 0 Å². The lowest BCUT2D eigenvalue weighted by atomic mass is 10.2. The van der Waals surface area contributed by atoms with Crippen LogP contribution < -0.4 is 10.1 Å². The highest BCUT2D eigenvalue weighted by Crippen LogP contribution is 2.18. The van der Waals surface area contributed by atoms with Crippen LogP contribution in [0.25, 0.3) is 0 Å². The topological polar surface area (TPSA) is 52.6 Å². The highest BCUT2D eigenvalue weighted by Gasteiger charge is 2.30.